The highest BCUT2D eigenvalue weighted by Crippen LogP contribution is 2.29. The summed E-state index contributed by atoms with van der Waals surface area (Å²) in [5, 5.41) is 0.0627. The smallest absolute Gasteiger partial charge is 0.406 e. The lowest BCUT2D eigenvalue weighted by Gasteiger charge is -2.09. The van der Waals surface area contributed by atoms with Crippen molar-refractivity contribution in [3.05, 3.63) is 41.8 Å². The molecule has 0 radical (unpaired) electrons. The number of aromatic amines is 1. The molecule has 0 aliphatic rings. The third-order valence-electron chi connectivity index (χ3n) is 2.74. The summed E-state index contributed by atoms with van der Waals surface area (Å²) >= 11 is 5.84. The Morgan fingerprint density at radius 1 is 1.05 bits per heavy atom. The quantitative estimate of drug-likeness (QED) is 0.722. The number of halogens is 4. The molecular weight excluding hydrogens is 307 g/mol. The lowest BCUT2D eigenvalue weighted by atomic mass is 10.1. The maximum atomic E-state index is 12.1. The van der Waals surface area contributed by atoms with Crippen molar-refractivity contribution in [1.29, 1.82) is 0 Å². The summed E-state index contributed by atoms with van der Waals surface area (Å²) < 4.78 is 40.2. The summed E-state index contributed by atoms with van der Waals surface area (Å²) in [6.07, 6.45) is -3.03. The Hall–Kier alpha value is -2.28. The van der Waals surface area contributed by atoms with Crippen LogP contribution in [0.15, 0.2) is 36.5 Å². The number of hydrogen-bond donors (Lipinski definition) is 1. The van der Waals surface area contributed by atoms with Crippen molar-refractivity contribution in [2.45, 2.75) is 6.36 Å². The molecule has 2 aromatic heterocycles. The van der Waals surface area contributed by atoms with E-state index in [1.54, 1.807) is 12.3 Å². The van der Waals surface area contributed by atoms with E-state index < -0.39 is 6.36 Å². The van der Waals surface area contributed by atoms with Crippen molar-refractivity contribution in [1.82, 2.24) is 15.0 Å². The number of hydrogen-bond acceptors (Lipinski definition) is 3. The molecule has 0 aliphatic heterocycles. The summed E-state index contributed by atoms with van der Waals surface area (Å²) in [5.41, 5.74) is 2.39. The number of H-pyrrole nitrogens is 1. The zero-order chi connectivity index (χ0) is 15.0. The van der Waals surface area contributed by atoms with Gasteiger partial charge in [0.25, 0.3) is 0 Å². The molecule has 0 saturated carbocycles. The van der Waals surface area contributed by atoms with E-state index in [9.17, 15) is 13.2 Å². The Morgan fingerprint density at radius 2 is 1.76 bits per heavy atom. The average molecular weight is 314 g/mol. The molecule has 4 nitrogen and oxygen atoms in total. The van der Waals surface area contributed by atoms with Crippen LogP contribution in [0.1, 0.15) is 0 Å². The Kier molecular flexibility index (Phi) is 3.21. The number of nitrogens with one attached hydrogen (secondary N) is 1. The second-order valence-corrected chi connectivity index (χ2v) is 4.49. The van der Waals surface area contributed by atoms with Crippen molar-refractivity contribution in [3.63, 3.8) is 0 Å². The second-order valence-electron chi connectivity index (χ2n) is 4.15. The molecule has 108 valence electrons. The molecule has 0 bridgehead atoms. The molecule has 1 N–H and O–H groups in total. The van der Waals surface area contributed by atoms with Crippen molar-refractivity contribution < 1.29 is 17.9 Å². The van der Waals surface area contributed by atoms with Gasteiger partial charge in [0.05, 0.1) is 16.7 Å². The second kappa shape index (κ2) is 4.92. The fraction of sp³-hybridized carbons (Fsp3) is 0.0769. The van der Waals surface area contributed by atoms with Gasteiger partial charge in [0.15, 0.2) is 0 Å². The van der Waals surface area contributed by atoms with Crippen LogP contribution in [0.2, 0.25) is 5.28 Å². The molecule has 0 unspecified atom stereocenters. The summed E-state index contributed by atoms with van der Waals surface area (Å²) in [7, 11) is 0. The molecule has 0 fully saturated rings. The number of nitrogens with zero attached hydrogens (tertiary/aromatic N) is 2. The van der Waals surface area contributed by atoms with Crippen molar-refractivity contribution in [2.24, 2.45) is 0 Å². The standard InChI is InChI=1S/C13H7ClF3N3O/c14-12-19-9-5-6-18-11(9)10(20-12)7-1-3-8(4-2-7)21-13(15,16)17/h1-6,18H. The topological polar surface area (TPSA) is 50.8 Å². The average Bonchev–Trinajstić information content (AvgIpc) is 2.85. The highest BCUT2D eigenvalue weighted by atomic mass is 35.5. The van der Waals surface area contributed by atoms with Gasteiger partial charge in [-0.05, 0) is 41.9 Å². The Morgan fingerprint density at radius 3 is 2.43 bits per heavy atom. The zero-order valence-corrected chi connectivity index (χ0v) is 11.0. The summed E-state index contributed by atoms with van der Waals surface area (Å²) in [4.78, 5) is 11.1. The highest BCUT2D eigenvalue weighted by molar-refractivity contribution is 6.28. The third-order valence-corrected chi connectivity index (χ3v) is 2.91. The van der Waals surface area contributed by atoms with Crippen LogP contribution >= 0.6 is 11.6 Å². The lowest BCUT2D eigenvalue weighted by Crippen LogP contribution is -2.16. The monoisotopic (exact) mass is 313 g/mol. The number of alkyl halides is 3. The number of benzene rings is 1. The minimum Gasteiger partial charge on any atom is -0.406 e. The van der Waals surface area contributed by atoms with E-state index >= 15 is 0 Å². The molecule has 3 rings (SSSR count). The molecular formula is C13H7ClF3N3O. The van der Waals surface area contributed by atoms with E-state index in [-0.39, 0.29) is 11.0 Å². The molecule has 3 aromatic rings. The van der Waals surface area contributed by atoms with Gasteiger partial charge < -0.3 is 9.72 Å². The van der Waals surface area contributed by atoms with Crippen molar-refractivity contribution >= 4 is 22.6 Å². The first-order chi connectivity index (χ1) is 9.92. The van der Waals surface area contributed by atoms with Crippen LogP contribution in [0.25, 0.3) is 22.3 Å². The first-order valence-corrected chi connectivity index (χ1v) is 6.17. The maximum absolute atomic E-state index is 12.1. The predicted octanol–water partition coefficient (Wildman–Crippen LogP) is 4.18. The Labute approximate surface area is 121 Å². The van der Waals surface area contributed by atoms with Crippen LogP contribution in [-0.4, -0.2) is 21.3 Å². The van der Waals surface area contributed by atoms with Gasteiger partial charge in [-0.3, -0.25) is 0 Å². The van der Waals surface area contributed by atoms with Crippen LogP contribution in [0.5, 0.6) is 5.75 Å². The summed E-state index contributed by atoms with van der Waals surface area (Å²) in [6.45, 7) is 0. The van der Waals surface area contributed by atoms with Gasteiger partial charge in [-0.2, -0.15) is 0 Å². The van der Waals surface area contributed by atoms with E-state index in [2.05, 4.69) is 19.7 Å². The number of aromatic nitrogens is 3. The molecule has 1 aromatic carbocycles. The fourth-order valence-electron chi connectivity index (χ4n) is 1.94. The van der Waals surface area contributed by atoms with Crippen LogP contribution in [-0.2, 0) is 0 Å². The van der Waals surface area contributed by atoms with Crippen LogP contribution in [0, 0.1) is 0 Å². The number of ether oxygens (including phenoxy) is 1. The predicted molar refractivity (Wildman–Crippen MR) is 71.0 cm³/mol. The highest BCUT2D eigenvalue weighted by Gasteiger charge is 2.31. The van der Waals surface area contributed by atoms with Crippen LogP contribution in [0.4, 0.5) is 13.2 Å². The first-order valence-electron chi connectivity index (χ1n) is 5.79. The molecule has 0 atom stereocenters. The van der Waals surface area contributed by atoms with Gasteiger partial charge in [-0.15, -0.1) is 13.2 Å². The van der Waals surface area contributed by atoms with Crippen molar-refractivity contribution in [3.8, 4) is 17.0 Å². The van der Waals surface area contributed by atoms with Crippen LogP contribution < -0.4 is 4.74 Å². The molecule has 2 heterocycles. The van der Waals surface area contributed by atoms with Gasteiger partial charge in [0.2, 0.25) is 5.28 Å². The fourth-order valence-corrected chi connectivity index (χ4v) is 2.12. The minimum atomic E-state index is -4.72. The van der Waals surface area contributed by atoms with E-state index in [0.717, 1.165) is 0 Å². The van der Waals surface area contributed by atoms with E-state index in [1.165, 1.54) is 24.3 Å². The van der Waals surface area contributed by atoms with Gasteiger partial charge in [-0.25, -0.2) is 9.97 Å². The molecule has 0 saturated heterocycles. The molecule has 21 heavy (non-hydrogen) atoms. The normalized spacial score (nSPS) is 11.8. The van der Waals surface area contributed by atoms with Crippen LogP contribution in [0.3, 0.4) is 0 Å². The largest absolute Gasteiger partial charge is 0.573 e. The van der Waals surface area contributed by atoms with E-state index in [4.69, 9.17) is 11.6 Å². The third kappa shape index (κ3) is 2.92. The molecule has 0 spiro atoms. The van der Waals surface area contributed by atoms with E-state index in [0.29, 0.717) is 22.3 Å². The molecule has 0 amide bonds. The summed E-state index contributed by atoms with van der Waals surface area (Å²) in [5.74, 6) is -0.297. The maximum Gasteiger partial charge on any atom is 0.573 e. The van der Waals surface area contributed by atoms with Gasteiger partial charge >= 0.3 is 6.36 Å². The zero-order valence-electron chi connectivity index (χ0n) is 10.3. The first kappa shape index (κ1) is 13.7. The van der Waals surface area contributed by atoms with E-state index in [1.807, 2.05) is 0 Å². The summed E-state index contributed by atoms with van der Waals surface area (Å²) in [6, 6.07) is 7.11. The molecule has 0 aliphatic carbocycles. The minimum absolute atomic E-state index is 0.0627. The number of rotatable bonds is 2. The lowest BCUT2D eigenvalue weighted by molar-refractivity contribution is -0.274. The van der Waals surface area contributed by atoms with Crippen molar-refractivity contribution in [2.75, 3.05) is 0 Å². The Balaban J connectivity index is 2.01. The van der Waals surface area contributed by atoms with Gasteiger partial charge in [0.1, 0.15) is 5.75 Å². The van der Waals surface area contributed by atoms with Gasteiger partial charge in [0, 0.05) is 11.8 Å². The number of fused-ring (bicyclic) bond motifs is 1. The van der Waals surface area contributed by atoms with Gasteiger partial charge in [-0.1, -0.05) is 0 Å². The Bertz CT molecular complexity index is 783. The SMILES string of the molecule is FC(F)(F)Oc1ccc(-c2nc(Cl)nc3cc[nH]c23)cc1. The molecule has 8 heteroatoms.